The smallest absolute Gasteiger partial charge is 0.337 e. The van der Waals surface area contributed by atoms with Crippen LogP contribution in [0.15, 0.2) is 66.7 Å². The van der Waals surface area contributed by atoms with Crippen molar-refractivity contribution in [2.45, 2.75) is 0 Å². The van der Waals surface area contributed by atoms with Gasteiger partial charge in [0.25, 0.3) is 0 Å². The van der Waals surface area contributed by atoms with Gasteiger partial charge in [-0.05, 0) is 42.5 Å². The van der Waals surface area contributed by atoms with E-state index in [2.05, 4.69) is 15.0 Å². The van der Waals surface area contributed by atoms with Gasteiger partial charge in [-0.1, -0.05) is 24.3 Å². The summed E-state index contributed by atoms with van der Waals surface area (Å²) in [7, 11) is 2.55. The normalized spacial score (nSPS) is 10.5. The number of ether oxygens (including phenoxy) is 2. The molecule has 0 bridgehead atoms. The molecule has 3 aromatic carbocycles. The number of benzene rings is 3. The highest BCUT2D eigenvalue weighted by Gasteiger charge is 2.18. The van der Waals surface area contributed by atoms with Gasteiger partial charge in [0.05, 0.1) is 36.5 Å². The Labute approximate surface area is 194 Å². The molecule has 4 aromatic rings. The minimum atomic E-state index is -0.588. The first kappa shape index (κ1) is 22.4. The van der Waals surface area contributed by atoms with Crippen LogP contribution in [0.2, 0.25) is 0 Å². The van der Waals surface area contributed by atoms with Gasteiger partial charge < -0.3 is 19.7 Å². The second kappa shape index (κ2) is 9.37. The molecule has 0 saturated heterocycles. The molecule has 0 unspecified atom stereocenters. The van der Waals surface area contributed by atoms with E-state index in [9.17, 15) is 19.8 Å². The van der Waals surface area contributed by atoms with E-state index in [-0.39, 0.29) is 40.1 Å². The zero-order chi connectivity index (χ0) is 24.2. The number of phenols is 2. The van der Waals surface area contributed by atoms with Crippen molar-refractivity contribution in [2.75, 3.05) is 14.2 Å². The molecule has 34 heavy (non-hydrogen) atoms. The Bertz CT molecular complexity index is 1390. The van der Waals surface area contributed by atoms with Gasteiger partial charge >= 0.3 is 11.9 Å². The lowest BCUT2D eigenvalue weighted by molar-refractivity contribution is 0.0592. The molecule has 0 aliphatic rings. The second-order valence-corrected chi connectivity index (χ2v) is 7.12. The van der Waals surface area contributed by atoms with E-state index in [1.54, 1.807) is 42.5 Å². The molecule has 9 nitrogen and oxygen atoms in total. The van der Waals surface area contributed by atoms with E-state index < -0.39 is 11.9 Å². The van der Waals surface area contributed by atoms with Crippen LogP contribution in [0.5, 0.6) is 11.5 Å². The number of aromatic hydroxyl groups is 2. The molecular weight excluding hydrogens is 438 g/mol. The molecule has 0 fully saturated rings. The summed E-state index contributed by atoms with van der Waals surface area (Å²) in [5.41, 5.74) is 1.63. The maximum atomic E-state index is 12.0. The van der Waals surface area contributed by atoms with E-state index in [4.69, 9.17) is 9.47 Å². The number of carbonyl (C=O) groups excluding carboxylic acids is 2. The summed E-state index contributed by atoms with van der Waals surface area (Å²) in [5.74, 6) is -0.824. The molecule has 4 rings (SSSR count). The van der Waals surface area contributed by atoms with E-state index in [1.807, 2.05) is 0 Å². The molecule has 2 N–H and O–H groups in total. The third kappa shape index (κ3) is 4.40. The Morgan fingerprint density at radius 3 is 1.82 bits per heavy atom. The average molecular weight is 457 g/mol. The highest BCUT2D eigenvalue weighted by Crippen LogP contribution is 2.33. The monoisotopic (exact) mass is 457 g/mol. The largest absolute Gasteiger partial charge is 0.507 e. The predicted octanol–water partition coefficient (Wildman–Crippen LogP) is 3.86. The van der Waals surface area contributed by atoms with E-state index >= 15 is 0 Å². The number of hydrogen-bond acceptors (Lipinski definition) is 9. The number of carbonyl (C=O) groups is 2. The maximum Gasteiger partial charge on any atom is 0.337 e. The molecule has 170 valence electrons. The van der Waals surface area contributed by atoms with Crippen molar-refractivity contribution in [1.29, 1.82) is 0 Å². The standard InChI is InChI=1S/C25H19N3O6/c1-33-24(31)15-9-7-14(8-10-15)21-26-22(17-5-3-4-6-19(17)29)28-23(27-21)18-13-16(25(32)34-2)11-12-20(18)30/h3-13,29-30H,1-2H3. The van der Waals surface area contributed by atoms with Crippen molar-refractivity contribution in [3.8, 4) is 45.7 Å². The van der Waals surface area contributed by atoms with Crippen LogP contribution in [0.1, 0.15) is 20.7 Å². The van der Waals surface area contributed by atoms with Gasteiger partial charge in [-0.25, -0.2) is 24.5 Å². The summed E-state index contributed by atoms with van der Waals surface area (Å²) in [6.45, 7) is 0. The van der Waals surface area contributed by atoms with Crippen LogP contribution in [0.25, 0.3) is 34.2 Å². The first-order valence-corrected chi connectivity index (χ1v) is 10.1. The first-order chi connectivity index (χ1) is 16.4. The lowest BCUT2D eigenvalue weighted by atomic mass is 10.1. The van der Waals surface area contributed by atoms with Gasteiger partial charge in [0.15, 0.2) is 17.5 Å². The molecule has 0 radical (unpaired) electrons. The first-order valence-electron chi connectivity index (χ1n) is 10.1. The summed E-state index contributed by atoms with van der Waals surface area (Å²) in [4.78, 5) is 37.2. The van der Waals surface area contributed by atoms with Crippen LogP contribution >= 0.6 is 0 Å². The summed E-state index contributed by atoms with van der Waals surface area (Å²) < 4.78 is 9.49. The fourth-order valence-electron chi connectivity index (χ4n) is 3.24. The fraction of sp³-hybridized carbons (Fsp3) is 0.0800. The number of nitrogens with zero attached hydrogens (tertiary/aromatic N) is 3. The van der Waals surface area contributed by atoms with Crippen LogP contribution < -0.4 is 0 Å². The van der Waals surface area contributed by atoms with Crippen molar-refractivity contribution in [3.05, 3.63) is 77.9 Å². The summed E-state index contributed by atoms with van der Waals surface area (Å²) in [5, 5.41) is 20.8. The Morgan fingerprint density at radius 1 is 0.647 bits per heavy atom. The van der Waals surface area contributed by atoms with Gasteiger partial charge in [-0.15, -0.1) is 0 Å². The van der Waals surface area contributed by atoms with E-state index in [1.165, 1.54) is 38.5 Å². The Balaban J connectivity index is 1.91. The number of hydrogen-bond donors (Lipinski definition) is 2. The zero-order valence-electron chi connectivity index (χ0n) is 18.2. The minimum absolute atomic E-state index is 0.0424. The van der Waals surface area contributed by atoms with Crippen molar-refractivity contribution in [3.63, 3.8) is 0 Å². The van der Waals surface area contributed by atoms with E-state index in [0.717, 1.165) is 0 Å². The van der Waals surface area contributed by atoms with Crippen molar-refractivity contribution in [1.82, 2.24) is 15.0 Å². The van der Waals surface area contributed by atoms with Crippen molar-refractivity contribution < 1.29 is 29.3 Å². The zero-order valence-corrected chi connectivity index (χ0v) is 18.2. The molecule has 0 spiro atoms. The molecule has 0 aliphatic heterocycles. The van der Waals surface area contributed by atoms with Crippen LogP contribution in [-0.2, 0) is 9.47 Å². The molecule has 0 atom stereocenters. The number of methoxy groups -OCH3 is 2. The number of phenolic OH excluding ortho intramolecular Hbond substituents is 2. The third-order valence-corrected chi connectivity index (χ3v) is 5.00. The van der Waals surface area contributed by atoms with Gasteiger partial charge in [-0.2, -0.15) is 0 Å². The minimum Gasteiger partial charge on any atom is -0.507 e. The van der Waals surface area contributed by atoms with Crippen LogP contribution in [0.3, 0.4) is 0 Å². The Kier molecular flexibility index (Phi) is 6.18. The fourth-order valence-corrected chi connectivity index (χ4v) is 3.24. The number of rotatable bonds is 5. The van der Waals surface area contributed by atoms with Gasteiger partial charge in [0, 0.05) is 5.56 Å². The Hall–Kier alpha value is -4.79. The predicted molar refractivity (Wildman–Crippen MR) is 122 cm³/mol. The molecule has 1 heterocycles. The molecule has 0 aliphatic carbocycles. The van der Waals surface area contributed by atoms with Crippen LogP contribution in [-0.4, -0.2) is 51.3 Å². The topological polar surface area (TPSA) is 132 Å². The molecule has 1 aromatic heterocycles. The van der Waals surface area contributed by atoms with Crippen molar-refractivity contribution >= 4 is 11.9 Å². The molecule has 0 amide bonds. The summed E-state index contributed by atoms with van der Waals surface area (Å²) in [6, 6.07) is 17.1. The van der Waals surface area contributed by atoms with Gasteiger partial charge in [0.1, 0.15) is 11.5 Å². The SMILES string of the molecule is COC(=O)c1ccc(-c2nc(-c3ccccc3O)nc(-c3cc(C(=O)OC)ccc3O)n2)cc1. The summed E-state index contributed by atoms with van der Waals surface area (Å²) in [6.07, 6.45) is 0. The van der Waals surface area contributed by atoms with Gasteiger partial charge in [-0.3, -0.25) is 0 Å². The molecule has 9 heteroatoms. The number of para-hydroxylation sites is 1. The van der Waals surface area contributed by atoms with Crippen LogP contribution in [0.4, 0.5) is 0 Å². The second-order valence-electron chi connectivity index (χ2n) is 7.12. The lowest BCUT2D eigenvalue weighted by Crippen LogP contribution is -2.04. The average Bonchev–Trinajstić information content (AvgIpc) is 2.88. The Morgan fingerprint density at radius 2 is 1.18 bits per heavy atom. The van der Waals surface area contributed by atoms with E-state index in [0.29, 0.717) is 16.7 Å². The van der Waals surface area contributed by atoms with Crippen LogP contribution in [0, 0.1) is 0 Å². The molecule has 0 saturated carbocycles. The number of aromatic nitrogens is 3. The summed E-state index contributed by atoms with van der Waals surface area (Å²) >= 11 is 0. The molecular formula is C25H19N3O6. The maximum absolute atomic E-state index is 12.0. The highest BCUT2D eigenvalue weighted by molar-refractivity contribution is 5.92. The quantitative estimate of drug-likeness (QED) is 0.429. The highest BCUT2D eigenvalue weighted by atomic mass is 16.5. The van der Waals surface area contributed by atoms with Crippen molar-refractivity contribution in [2.24, 2.45) is 0 Å². The number of esters is 2. The lowest BCUT2D eigenvalue weighted by Gasteiger charge is -2.11. The van der Waals surface area contributed by atoms with Gasteiger partial charge in [0.2, 0.25) is 0 Å². The third-order valence-electron chi connectivity index (χ3n) is 5.00.